The van der Waals surface area contributed by atoms with Crippen LogP contribution >= 0.6 is 0 Å². The van der Waals surface area contributed by atoms with E-state index in [1.54, 1.807) is 0 Å². The van der Waals surface area contributed by atoms with E-state index in [0.717, 1.165) is 57.8 Å². The zero-order valence-electron chi connectivity index (χ0n) is 15.5. The van der Waals surface area contributed by atoms with Crippen LogP contribution in [0.4, 0.5) is 0 Å². The van der Waals surface area contributed by atoms with Crippen LogP contribution in [-0.2, 0) is 4.74 Å². The summed E-state index contributed by atoms with van der Waals surface area (Å²) in [5.41, 5.74) is 0. The molecule has 0 aromatic heterocycles. The van der Waals surface area contributed by atoms with Crippen LogP contribution in [-0.4, -0.2) is 74.8 Å². The molecule has 2 aliphatic heterocycles. The second-order valence-electron chi connectivity index (χ2n) is 7.68. The molecule has 1 saturated carbocycles. The monoisotopic (exact) mass is 336 g/mol. The molecule has 1 unspecified atom stereocenters. The van der Waals surface area contributed by atoms with Crippen molar-refractivity contribution in [2.75, 3.05) is 53.0 Å². The summed E-state index contributed by atoms with van der Waals surface area (Å²) in [6, 6.07) is 0.675. The maximum atomic E-state index is 5.49. The molecule has 3 fully saturated rings. The molecule has 1 N–H and O–H groups in total. The van der Waals surface area contributed by atoms with Crippen LogP contribution < -0.4 is 5.32 Å². The lowest BCUT2D eigenvalue weighted by Gasteiger charge is -2.32. The lowest BCUT2D eigenvalue weighted by molar-refractivity contribution is 0.0195. The molecule has 0 amide bonds. The lowest BCUT2D eigenvalue weighted by Crippen LogP contribution is -2.47. The first-order valence-corrected chi connectivity index (χ1v) is 10.1. The summed E-state index contributed by atoms with van der Waals surface area (Å²) < 4.78 is 5.49. The molecule has 0 spiro atoms. The largest absolute Gasteiger partial charge is 0.379 e. The van der Waals surface area contributed by atoms with Gasteiger partial charge in [-0.2, -0.15) is 0 Å². The summed E-state index contributed by atoms with van der Waals surface area (Å²) >= 11 is 0. The van der Waals surface area contributed by atoms with Gasteiger partial charge in [0.1, 0.15) is 0 Å². The molecule has 5 nitrogen and oxygen atoms in total. The Labute approximate surface area is 147 Å². The number of morpholine rings is 1. The van der Waals surface area contributed by atoms with E-state index in [0.29, 0.717) is 6.04 Å². The molecule has 0 aromatic carbocycles. The maximum absolute atomic E-state index is 5.49. The summed E-state index contributed by atoms with van der Waals surface area (Å²) in [6.45, 7) is 7.32. The third-order valence-corrected chi connectivity index (χ3v) is 6.01. The van der Waals surface area contributed by atoms with E-state index in [9.17, 15) is 0 Å². The van der Waals surface area contributed by atoms with Gasteiger partial charge in [0.2, 0.25) is 0 Å². The average molecular weight is 337 g/mol. The van der Waals surface area contributed by atoms with Gasteiger partial charge in [0.15, 0.2) is 5.96 Å². The zero-order chi connectivity index (χ0) is 16.6. The number of likely N-dealkylation sites (tertiary alicyclic amines) is 1. The number of rotatable bonds is 3. The highest BCUT2D eigenvalue weighted by Gasteiger charge is 2.30. The van der Waals surface area contributed by atoms with Gasteiger partial charge in [0, 0.05) is 45.8 Å². The van der Waals surface area contributed by atoms with E-state index in [-0.39, 0.29) is 0 Å². The topological polar surface area (TPSA) is 40.1 Å². The van der Waals surface area contributed by atoms with Crippen LogP contribution in [0.1, 0.15) is 51.4 Å². The Kier molecular flexibility index (Phi) is 7.21. The third kappa shape index (κ3) is 5.09. The molecule has 2 saturated heterocycles. The van der Waals surface area contributed by atoms with E-state index in [2.05, 4.69) is 20.1 Å². The first-order valence-electron chi connectivity index (χ1n) is 10.1. The van der Waals surface area contributed by atoms with Gasteiger partial charge < -0.3 is 15.0 Å². The van der Waals surface area contributed by atoms with Crippen LogP contribution in [0.2, 0.25) is 0 Å². The molecule has 24 heavy (non-hydrogen) atoms. The van der Waals surface area contributed by atoms with Gasteiger partial charge in [-0.15, -0.1) is 0 Å². The van der Waals surface area contributed by atoms with Crippen molar-refractivity contribution < 1.29 is 4.74 Å². The van der Waals surface area contributed by atoms with Crippen LogP contribution in [0.3, 0.4) is 0 Å². The fraction of sp³-hybridized carbons (Fsp3) is 0.947. The first-order chi connectivity index (χ1) is 11.9. The van der Waals surface area contributed by atoms with Crippen molar-refractivity contribution in [3.8, 4) is 0 Å². The molecule has 3 rings (SSSR count). The molecule has 2 heterocycles. The van der Waals surface area contributed by atoms with Gasteiger partial charge in [-0.1, -0.05) is 32.1 Å². The molecule has 0 aromatic rings. The third-order valence-electron chi connectivity index (χ3n) is 6.01. The first kappa shape index (κ1) is 18.0. The Morgan fingerprint density at radius 2 is 1.71 bits per heavy atom. The molecular weight excluding hydrogens is 300 g/mol. The number of ether oxygens (including phenoxy) is 1. The number of guanidine groups is 1. The number of nitrogens with zero attached hydrogens (tertiary/aromatic N) is 3. The van der Waals surface area contributed by atoms with Crippen LogP contribution in [0.15, 0.2) is 4.99 Å². The average Bonchev–Trinajstić information content (AvgIpc) is 3.07. The van der Waals surface area contributed by atoms with Crippen molar-refractivity contribution in [2.45, 2.75) is 57.4 Å². The number of nitrogens with one attached hydrogen (secondary N) is 1. The van der Waals surface area contributed by atoms with Crippen LogP contribution in [0, 0.1) is 5.92 Å². The smallest absolute Gasteiger partial charge is 0.193 e. The van der Waals surface area contributed by atoms with E-state index in [1.807, 2.05) is 7.05 Å². The SMILES string of the molecule is CN=C(NCC1CCCCCCC1)N1CCC(N2CCOCC2)C1. The molecule has 0 radical (unpaired) electrons. The second-order valence-corrected chi connectivity index (χ2v) is 7.68. The molecular formula is C19H36N4O. The van der Waals surface area contributed by atoms with E-state index in [4.69, 9.17) is 4.74 Å². The summed E-state index contributed by atoms with van der Waals surface area (Å²) in [5.74, 6) is 1.95. The molecule has 5 heteroatoms. The molecule has 138 valence electrons. The van der Waals surface area contributed by atoms with Crippen LogP contribution in [0.25, 0.3) is 0 Å². The van der Waals surface area contributed by atoms with Crippen LogP contribution in [0.5, 0.6) is 0 Å². The predicted molar refractivity (Wildman–Crippen MR) is 99.5 cm³/mol. The minimum absolute atomic E-state index is 0.675. The Balaban J connectivity index is 1.44. The predicted octanol–water partition coefficient (Wildman–Crippen LogP) is 2.33. The van der Waals surface area contributed by atoms with Crippen molar-refractivity contribution in [3.05, 3.63) is 0 Å². The Hall–Kier alpha value is -0.810. The summed E-state index contributed by atoms with van der Waals surface area (Å²) in [6.07, 6.45) is 11.2. The van der Waals surface area contributed by atoms with Crippen molar-refractivity contribution >= 4 is 5.96 Å². The Bertz CT molecular complexity index is 387. The van der Waals surface area contributed by atoms with Crippen molar-refractivity contribution in [3.63, 3.8) is 0 Å². The van der Waals surface area contributed by atoms with Gasteiger partial charge in [-0.3, -0.25) is 9.89 Å². The van der Waals surface area contributed by atoms with Crippen molar-refractivity contribution in [2.24, 2.45) is 10.9 Å². The number of hydrogen-bond donors (Lipinski definition) is 1. The Morgan fingerprint density at radius 1 is 1.00 bits per heavy atom. The van der Waals surface area contributed by atoms with Crippen molar-refractivity contribution in [1.29, 1.82) is 0 Å². The van der Waals surface area contributed by atoms with E-state index >= 15 is 0 Å². The highest BCUT2D eigenvalue weighted by Crippen LogP contribution is 2.22. The minimum atomic E-state index is 0.675. The standard InChI is InChI=1S/C19H36N4O/c1-20-19(21-15-17-7-5-3-2-4-6-8-17)23-10-9-18(16-23)22-11-13-24-14-12-22/h17-18H,2-16H2,1H3,(H,20,21). The lowest BCUT2D eigenvalue weighted by atomic mass is 9.91. The minimum Gasteiger partial charge on any atom is -0.379 e. The number of aliphatic imine (C=N–C) groups is 1. The fourth-order valence-electron chi connectivity index (χ4n) is 4.49. The summed E-state index contributed by atoms with van der Waals surface area (Å²) in [5, 5.41) is 3.69. The molecule has 3 aliphatic rings. The van der Waals surface area contributed by atoms with Gasteiger partial charge in [-0.05, 0) is 25.2 Å². The summed E-state index contributed by atoms with van der Waals surface area (Å²) in [7, 11) is 1.93. The van der Waals surface area contributed by atoms with Gasteiger partial charge in [0.25, 0.3) is 0 Å². The van der Waals surface area contributed by atoms with Gasteiger partial charge >= 0.3 is 0 Å². The molecule has 0 bridgehead atoms. The quantitative estimate of drug-likeness (QED) is 0.634. The highest BCUT2D eigenvalue weighted by atomic mass is 16.5. The second kappa shape index (κ2) is 9.62. The molecule has 1 atom stereocenters. The van der Waals surface area contributed by atoms with Crippen molar-refractivity contribution in [1.82, 2.24) is 15.1 Å². The van der Waals surface area contributed by atoms with Gasteiger partial charge in [-0.25, -0.2) is 0 Å². The fourth-order valence-corrected chi connectivity index (χ4v) is 4.49. The van der Waals surface area contributed by atoms with E-state index < -0.39 is 0 Å². The number of hydrogen-bond acceptors (Lipinski definition) is 3. The Morgan fingerprint density at radius 3 is 2.42 bits per heavy atom. The van der Waals surface area contributed by atoms with E-state index in [1.165, 1.54) is 51.4 Å². The van der Waals surface area contributed by atoms with Gasteiger partial charge in [0.05, 0.1) is 13.2 Å². The zero-order valence-corrected chi connectivity index (χ0v) is 15.5. The maximum Gasteiger partial charge on any atom is 0.193 e. The summed E-state index contributed by atoms with van der Waals surface area (Å²) in [4.78, 5) is 9.63. The highest BCUT2D eigenvalue weighted by molar-refractivity contribution is 5.80. The normalized spacial score (nSPS) is 28.6. The molecule has 1 aliphatic carbocycles.